The summed E-state index contributed by atoms with van der Waals surface area (Å²) >= 11 is 0. The van der Waals surface area contributed by atoms with Crippen molar-refractivity contribution in [1.82, 2.24) is 19.4 Å². The van der Waals surface area contributed by atoms with Gasteiger partial charge in [-0.15, -0.1) is 0 Å². The monoisotopic (exact) mass is 556 g/mol. The molecule has 8 nitrogen and oxygen atoms in total. The lowest BCUT2D eigenvalue weighted by atomic mass is 10.1. The molecule has 0 aliphatic carbocycles. The van der Waals surface area contributed by atoms with Crippen LogP contribution in [0.1, 0.15) is 12.8 Å². The molecule has 204 valence electrons. The Morgan fingerprint density at radius 3 is 2.42 bits per heavy atom. The third kappa shape index (κ3) is 5.68. The largest absolute Gasteiger partial charge is 0.346 e. The normalized spacial score (nSPS) is 14.0. The predicted octanol–water partition coefficient (Wildman–Crippen LogP) is 5.88. The second-order valence-corrected chi connectivity index (χ2v) is 11.5. The van der Waals surface area contributed by atoms with E-state index in [2.05, 4.69) is 59.9 Å². The summed E-state index contributed by atoms with van der Waals surface area (Å²) in [6, 6.07) is 22.3. The number of nitrogens with one attached hydrogen (secondary N) is 2. The zero-order valence-electron chi connectivity index (χ0n) is 21.8. The lowest BCUT2D eigenvalue weighted by Crippen LogP contribution is -2.23. The molecule has 0 spiro atoms. The number of fused-ring (bicyclic) bond motifs is 1. The molecular formula is C30H29FN6O2S. The van der Waals surface area contributed by atoms with E-state index in [-0.39, 0.29) is 0 Å². The highest BCUT2D eigenvalue weighted by Crippen LogP contribution is 2.27. The van der Waals surface area contributed by atoms with Gasteiger partial charge in [-0.2, -0.15) is 0 Å². The molecule has 1 fully saturated rings. The van der Waals surface area contributed by atoms with E-state index in [1.54, 1.807) is 24.3 Å². The third-order valence-corrected chi connectivity index (χ3v) is 8.54. The maximum Gasteiger partial charge on any atom is 0.264 e. The Labute approximate surface area is 232 Å². The fraction of sp³-hybridized carbons (Fsp3) is 0.200. The maximum absolute atomic E-state index is 14.0. The van der Waals surface area contributed by atoms with E-state index in [9.17, 15) is 12.8 Å². The third-order valence-electron chi connectivity index (χ3n) is 7.13. The molecule has 10 heteroatoms. The molecule has 3 heterocycles. The Balaban J connectivity index is 1.13. The van der Waals surface area contributed by atoms with E-state index >= 15 is 0 Å². The number of halogens is 1. The van der Waals surface area contributed by atoms with Gasteiger partial charge in [0.15, 0.2) is 0 Å². The molecule has 0 amide bonds. The molecule has 40 heavy (non-hydrogen) atoms. The van der Waals surface area contributed by atoms with Gasteiger partial charge in [0.25, 0.3) is 10.0 Å². The van der Waals surface area contributed by atoms with Crippen molar-refractivity contribution in [1.29, 1.82) is 0 Å². The maximum atomic E-state index is 14.0. The van der Waals surface area contributed by atoms with Crippen LogP contribution in [0.3, 0.4) is 0 Å². The van der Waals surface area contributed by atoms with E-state index in [0.717, 1.165) is 30.4 Å². The van der Waals surface area contributed by atoms with Gasteiger partial charge in [0.2, 0.25) is 0 Å². The number of hydrogen-bond acceptors (Lipinski definition) is 6. The Morgan fingerprint density at radius 2 is 1.62 bits per heavy atom. The molecule has 0 saturated carbocycles. The van der Waals surface area contributed by atoms with Crippen LogP contribution in [0.4, 0.5) is 21.6 Å². The summed E-state index contributed by atoms with van der Waals surface area (Å²) in [5.74, 6) is -0.199. The summed E-state index contributed by atoms with van der Waals surface area (Å²) in [5, 5.41) is 4.40. The quantitative estimate of drug-likeness (QED) is 0.236. The van der Waals surface area contributed by atoms with Gasteiger partial charge in [-0.1, -0.05) is 18.2 Å². The minimum Gasteiger partial charge on any atom is -0.346 e. The van der Waals surface area contributed by atoms with Crippen molar-refractivity contribution in [2.24, 2.45) is 0 Å². The summed E-state index contributed by atoms with van der Waals surface area (Å²) in [7, 11) is -4.04. The van der Waals surface area contributed by atoms with Gasteiger partial charge in [-0.25, -0.2) is 22.8 Å². The average molecular weight is 557 g/mol. The lowest BCUT2D eigenvalue weighted by Gasteiger charge is -2.15. The lowest BCUT2D eigenvalue weighted by molar-refractivity contribution is 0.324. The van der Waals surface area contributed by atoms with Crippen LogP contribution in [0.5, 0.6) is 0 Å². The van der Waals surface area contributed by atoms with Crippen molar-refractivity contribution < 1.29 is 12.8 Å². The number of sulfonamides is 1. The van der Waals surface area contributed by atoms with E-state index < -0.39 is 20.7 Å². The van der Waals surface area contributed by atoms with Crippen molar-refractivity contribution >= 4 is 38.1 Å². The first-order chi connectivity index (χ1) is 19.4. The smallest absolute Gasteiger partial charge is 0.264 e. The molecule has 6 rings (SSSR count). The molecule has 1 saturated heterocycles. The van der Waals surface area contributed by atoms with E-state index in [4.69, 9.17) is 0 Å². The minimum absolute atomic E-state index is 0.317. The first-order valence-electron chi connectivity index (χ1n) is 13.2. The molecule has 2 N–H and O–H groups in total. The molecule has 0 bridgehead atoms. The summed E-state index contributed by atoms with van der Waals surface area (Å²) in [6.07, 6.45) is 6.27. The van der Waals surface area contributed by atoms with Crippen LogP contribution in [0.2, 0.25) is 0 Å². The Hall–Kier alpha value is -4.28. The SMILES string of the molecule is O=S(=O)(Nc1ccc(Nc2cc(-c3ccc4c(ccn4CCN4CCCC4)c3)ncn2)cc1)c1ccccc1F. The number of likely N-dealkylation sites (tertiary alicyclic amines) is 1. The molecule has 2 aromatic heterocycles. The molecule has 0 unspecified atom stereocenters. The Kier molecular flexibility index (Phi) is 7.19. The van der Waals surface area contributed by atoms with Gasteiger partial charge < -0.3 is 14.8 Å². The van der Waals surface area contributed by atoms with Crippen LogP contribution < -0.4 is 10.0 Å². The van der Waals surface area contributed by atoms with Gasteiger partial charge in [-0.3, -0.25) is 4.72 Å². The van der Waals surface area contributed by atoms with E-state index in [1.807, 2.05) is 6.07 Å². The number of aromatic nitrogens is 3. The van der Waals surface area contributed by atoms with Crippen molar-refractivity contribution in [3.63, 3.8) is 0 Å². The van der Waals surface area contributed by atoms with Crippen LogP contribution in [0.15, 0.2) is 96.3 Å². The molecule has 0 atom stereocenters. The zero-order chi connectivity index (χ0) is 27.5. The second-order valence-electron chi connectivity index (χ2n) is 9.86. The van der Waals surface area contributed by atoms with Gasteiger partial charge in [0.1, 0.15) is 22.9 Å². The molecule has 1 aliphatic rings. The van der Waals surface area contributed by atoms with Gasteiger partial charge in [0, 0.05) is 53.2 Å². The Bertz CT molecular complexity index is 1750. The van der Waals surface area contributed by atoms with Crippen molar-refractivity contribution in [3.05, 3.63) is 97.2 Å². The Morgan fingerprint density at radius 1 is 0.850 bits per heavy atom. The number of benzene rings is 3. The molecule has 0 radical (unpaired) electrons. The molecule has 5 aromatic rings. The summed E-state index contributed by atoms with van der Waals surface area (Å²) in [5.41, 5.74) is 4.02. The summed E-state index contributed by atoms with van der Waals surface area (Å²) < 4.78 is 43.8. The number of nitrogens with zero attached hydrogens (tertiary/aromatic N) is 4. The van der Waals surface area contributed by atoms with Crippen LogP contribution in [0.25, 0.3) is 22.2 Å². The molecular weight excluding hydrogens is 527 g/mol. The fourth-order valence-electron chi connectivity index (χ4n) is 5.04. The fourth-order valence-corrected chi connectivity index (χ4v) is 6.17. The highest BCUT2D eigenvalue weighted by Gasteiger charge is 2.18. The van der Waals surface area contributed by atoms with Gasteiger partial charge >= 0.3 is 0 Å². The van der Waals surface area contributed by atoms with Crippen molar-refractivity contribution in [3.8, 4) is 11.3 Å². The zero-order valence-corrected chi connectivity index (χ0v) is 22.6. The first-order valence-corrected chi connectivity index (χ1v) is 14.7. The standard InChI is InChI=1S/C30H29FN6O2S/c31-26-5-1-2-6-29(26)40(38,39)35-25-10-8-24(9-11-25)34-30-20-27(32-21-33-30)22-7-12-28-23(19-22)13-16-37(28)18-17-36-14-3-4-15-36/h1-2,5-13,16,19-21,35H,3-4,14-15,17-18H2,(H,32,33,34). The summed E-state index contributed by atoms with van der Waals surface area (Å²) in [4.78, 5) is 10.9. The van der Waals surface area contributed by atoms with Gasteiger partial charge in [0.05, 0.1) is 5.69 Å². The van der Waals surface area contributed by atoms with E-state index in [0.29, 0.717) is 17.2 Å². The minimum atomic E-state index is -4.04. The number of hydrogen-bond donors (Lipinski definition) is 2. The first kappa shape index (κ1) is 26.0. The summed E-state index contributed by atoms with van der Waals surface area (Å²) in [6.45, 7) is 4.45. The van der Waals surface area contributed by atoms with Crippen LogP contribution in [-0.2, 0) is 16.6 Å². The topological polar surface area (TPSA) is 92.2 Å². The van der Waals surface area contributed by atoms with E-state index in [1.165, 1.54) is 61.4 Å². The predicted molar refractivity (Wildman–Crippen MR) is 156 cm³/mol. The molecule has 1 aliphatic heterocycles. The van der Waals surface area contributed by atoms with Crippen LogP contribution >= 0.6 is 0 Å². The van der Waals surface area contributed by atoms with Crippen LogP contribution in [0, 0.1) is 5.82 Å². The highest BCUT2D eigenvalue weighted by atomic mass is 32.2. The number of rotatable bonds is 9. The van der Waals surface area contributed by atoms with Crippen molar-refractivity contribution in [2.45, 2.75) is 24.3 Å². The van der Waals surface area contributed by atoms with Crippen molar-refractivity contribution in [2.75, 3.05) is 29.7 Å². The second kappa shape index (κ2) is 11.1. The molecule has 3 aromatic carbocycles. The average Bonchev–Trinajstić information content (AvgIpc) is 3.63. The van der Waals surface area contributed by atoms with Gasteiger partial charge in [-0.05, 0) is 80.5 Å². The highest BCUT2D eigenvalue weighted by molar-refractivity contribution is 7.92. The number of anilines is 3. The van der Waals surface area contributed by atoms with Crippen LogP contribution in [-0.4, -0.2) is 47.5 Å².